The summed E-state index contributed by atoms with van der Waals surface area (Å²) in [5.74, 6) is -2.45. The van der Waals surface area contributed by atoms with Gasteiger partial charge in [-0.2, -0.15) is 8.42 Å². The van der Waals surface area contributed by atoms with Crippen molar-refractivity contribution in [3.63, 3.8) is 0 Å². The molecule has 0 spiro atoms. The van der Waals surface area contributed by atoms with Crippen molar-refractivity contribution in [3.05, 3.63) is 23.8 Å². The summed E-state index contributed by atoms with van der Waals surface area (Å²) in [5, 5.41) is 17.7. The lowest BCUT2D eigenvalue weighted by Crippen LogP contribution is -2.03. The van der Waals surface area contributed by atoms with E-state index in [2.05, 4.69) is 0 Å². The largest absolute Gasteiger partial charge is 0.506 e. The van der Waals surface area contributed by atoms with Crippen molar-refractivity contribution in [2.45, 2.75) is 4.90 Å². The number of phenols is 1. The van der Waals surface area contributed by atoms with Gasteiger partial charge in [-0.15, -0.1) is 0 Å². The molecule has 84 valence electrons. The summed E-state index contributed by atoms with van der Waals surface area (Å²) in [4.78, 5) is 9.64. The maximum absolute atomic E-state index is 10.6. The molecule has 0 saturated carbocycles. The Bertz CT molecular complexity index is 476. The predicted octanol–water partition coefficient (Wildman–Crippen LogP) is -0.488. The third-order valence-electron chi connectivity index (χ3n) is 1.51. The van der Waals surface area contributed by atoms with Crippen LogP contribution >= 0.6 is 0 Å². The fourth-order valence-electron chi connectivity index (χ4n) is 0.903. The van der Waals surface area contributed by atoms with Gasteiger partial charge in [-0.25, -0.2) is 4.79 Å². The van der Waals surface area contributed by atoms with E-state index in [0.29, 0.717) is 0 Å². The fourth-order valence-corrected chi connectivity index (χ4v) is 1.51. The van der Waals surface area contributed by atoms with Crippen LogP contribution in [0.5, 0.6) is 5.75 Å². The topological polar surface area (TPSA) is 143 Å². The summed E-state index contributed by atoms with van der Waals surface area (Å²) in [5.41, 5.74) is -0.583. The van der Waals surface area contributed by atoms with E-state index in [-0.39, 0.29) is 5.48 Å². The Morgan fingerprint density at radius 2 is 1.80 bits per heavy atom. The number of para-hydroxylation sites is 1. The number of carbonyl (C=O) groups is 1. The molecule has 0 heterocycles. The lowest BCUT2D eigenvalue weighted by atomic mass is 10.2. The molecule has 7 nitrogen and oxygen atoms in total. The summed E-state index contributed by atoms with van der Waals surface area (Å²) in [6.45, 7) is 0. The van der Waals surface area contributed by atoms with Gasteiger partial charge in [0.2, 0.25) is 0 Å². The Balaban J connectivity index is 0.00000196. The minimum atomic E-state index is -4.60. The zero-order valence-corrected chi connectivity index (χ0v) is 8.02. The average Bonchev–Trinajstić information content (AvgIpc) is 2.01. The molecule has 1 aromatic rings. The van der Waals surface area contributed by atoms with Crippen LogP contribution in [-0.4, -0.2) is 34.6 Å². The monoisotopic (exact) mass is 236 g/mol. The number of rotatable bonds is 2. The molecule has 0 aliphatic heterocycles. The van der Waals surface area contributed by atoms with Gasteiger partial charge < -0.3 is 15.7 Å². The maximum Gasteiger partial charge on any atom is 0.339 e. The van der Waals surface area contributed by atoms with Crippen LogP contribution in [0.4, 0.5) is 0 Å². The Kier molecular flexibility index (Phi) is 3.79. The van der Waals surface area contributed by atoms with E-state index in [1.807, 2.05) is 0 Å². The second-order valence-electron chi connectivity index (χ2n) is 2.43. The highest BCUT2D eigenvalue weighted by molar-refractivity contribution is 7.86. The third kappa shape index (κ3) is 2.65. The van der Waals surface area contributed by atoms with Crippen LogP contribution in [0.25, 0.3) is 0 Å². The SMILES string of the molecule is O.O=C(O)c1cccc(S(=O)(=O)O)c1O. The first kappa shape index (κ1) is 13.4. The number of carboxylic acids is 1. The summed E-state index contributed by atoms with van der Waals surface area (Å²) >= 11 is 0. The first-order valence-electron chi connectivity index (χ1n) is 3.37. The van der Waals surface area contributed by atoms with Crippen LogP contribution in [-0.2, 0) is 10.1 Å². The van der Waals surface area contributed by atoms with Gasteiger partial charge in [0.05, 0.1) is 0 Å². The normalized spacial score (nSPS) is 10.5. The van der Waals surface area contributed by atoms with E-state index in [1.54, 1.807) is 0 Å². The molecule has 0 unspecified atom stereocenters. The Morgan fingerprint density at radius 3 is 2.20 bits per heavy atom. The molecule has 8 heteroatoms. The van der Waals surface area contributed by atoms with Gasteiger partial charge in [0.1, 0.15) is 10.5 Å². The van der Waals surface area contributed by atoms with Crippen LogP contribution in [0.15, 0.2) is 23.1 Å². The van der Waals surface area contributed by atoms with Crippen molar-refractivity contribution in [3.8, 4) is 5.75 Å². The highest BCUT2D eigenvalue weighted by atomic mass is 32.2. The van der Waals surface area contributed by atoms with Gasteiger partial charge in [0.15, 0.2) is 5.75 Å². The number of carboxylic acid groups (broad SMARTS) is 1. The number of benzene rings is 1. The van der Waals surface area contributed by atoms with Gasteiger partial charge in [-0.3, -0.25) is 4.55 Å². The van der Waals surface area contributed by atoms with Gasteiger partial charge in [-0.05, 0) is 12.1 Å². The van der Waals surface area contributed by atoms with Crippen LogP contribution < -0.4 is 0 Å². The highest BCUT2D eigenvalue weighted by Crippen LogP contribution is 2.26. The first-order valence-corrected chi connectivity index (χ1v) is 4.81. The van der Waals surface area contributed by atoms with Crippen LogP contribution in [0.2, 0.25) is 0 Å². The molecular weight excluding hydrogens is 228 g/mol. The molecular formula is C7H8O7S. The Labute approximate surface area is 84.7 Å². The van der Waals surface area contributed by atoms with Crippen LogP contribution in [0.1, 0.15) is 10.4 Å². The van der Waals surface area contributed by atoms with E-state index in [9.17, 15) is 18.3 Å². The molecule has 15 heavy (non-hydrogen) atoms. The second-order valence-corrected chi connectivity index (χ2v) is 3.82. The number of hydrogen-bond acceptors (Lipinski definition) is 4. The lowest BCUT2D eigenvalue weighted by molar-refractivity contribution is 0.0693. The van der Waals surface area contributed by atoms with Crippen LogP contribution in [0.3, 0.4) is 0 Å². The van der Waals surface area contributed by atoms with Crippen LogP contribution in [0, 0.1) is 0 Å². The Hall–Kier alpha value is -1.64. The van der Waals surface area contributed by atoms with Gasteiger partial charge in [0, 0.05) is 0 Å². The van der Waals surface area contributed by atoms with E-state index >= 15 is 0 Å². The highest BCUT2D eigenvalue weighted by Gasteiger charge is 2.20. The first-order chi connectivity index (χ1) is 6.34. The van der Waals surface area contributed by atoms with E-state index in [0.717, 1.165) is 18.2 Å². The number of aromatic carboxylic acids is 1. The summed E-state index contributed by atoms with van der Waals surface area (Å²) in [7, 11) is -4.60. The molecule has 0 bridgehead atoms. The predicted molar refractivity (Wildman–Crippen MR) is 48.5 cm³/mol. The molecule has 0 radical (unpaired) electrons. The van der Waals surface area contributed by atoms with E-state index in [4.69, 9.17) is 9.66 Å². The van der Waals surface area contributed by atoms with Crippen molar-refractivity contribution in [2.75, 3.05) is 0 Å². The van der Waals surface area contributed by atoms with E-state index in [1.165, 1.54) is 0 Å². The van der Waals surface area contributed by atoms with Gasteiger partial charge in [0.25, 0.3) is 10.1 Å². The zero-order valence-electron chi connectivity index (χ0n) is 7.21. The smallest absolute Gasteiger partial charge is 0.339 e. The zero-order chi connectivity index (χ0) is 10.9. The molecule has 0 saturated heterocycles. The van der Waals surface area contributed by atoms with Crippen molar-refractivity contribution in [1.29, 1.82) is 0 Å². The molecule has 0 aliphatic rings. The van der Waals surface area contributed by atoms with Crippen molar-refractivity contribution < 1.29 is 33.5 Å². The summed E-state index contributed by atoms with van der Waals surface area (Å²) in [6, 6.07) is 3.02. The second kappa shape index (κ2) is 4.26. The number of hydrogen-bond donors (Lipinski definition) is 3. The quantitative estimate of drug-likeness (QED) is 0.591. The third-order valence-corrected chi connectivity index (χ3v) is 2.39. The fraction of sp³-hybridized carbons (Fsp3) is 0. The van der Waals surface area contributed by atoms with E-state index < -0.39 is 32.3 Å². The standard InChI is InChI=1S/C7H6O6S.H2O/c8-6-4(7(9)10)2-1-3-5(6)14(11,12)13;/h1-3,8H,(H,9,10)(H,11,12,13);1H2. The minimum absolute atomic E-state index is 0. The molecule has 0 aliphatic carbocycles. The molecule has 0 amide bonds. The number of aromatic hydroxyl groups is 1. The summed E-state index contributed by atoms with van der Waals surface area (Å²) < 4.78 is 29.9. The lowest BCUT2D eigenvalue weighted by Gasteiger charge is -2.03. The van der Waals surface area contributed by atoms with Gasteiger partial charge in [-0.1, -0.05) is 6.07 Å². The maximum atomic E-state index is 10.6. The Morgan fingerprint density at radius 1 is 1.27 bits per heavy atom. The minimum Gasteiger partial charge on any atom is -0.506 e. The summed E-state index contributed by atoms with van der Waals surface area (Å²) in [6.07, 6.45) is 0. The molecule has 0 aromatic heterocycles. The molecule has 1 rings (SSSR count). The van der Waals surface area contributed by atoms with Gasteiger partial charge >= 0.3 is 5.97 Å². The molecule has 1 aromatic carbocycles. The van der Waals surface area contributed by atoms with Crippen molar-refractivity contribution in [1.82, 2.24) is 0 Å². The molecule has 0 atom stereocenters. The average molecular weight is 236 g/mol. The van der Waals surface area contributed by atoms with Crippen molar-refractivity contribution >= 4 is 16.1 Å². The van der Waals surface area contributed by atoms with Crippen molar-refractivity contribution in [2.24, 2.45) is 0 Å². The molecule has 0 fully saturated rings. The molecule has 5 N–H and O–H groups in total.